The van der Waals surface area contributed by atoms with Crippen LogP contribution in [0.2, 0.25) is 0 Å². The fourth-order valence-corrected chi connectivity index (χ4v) is 2.89. The molecule has 28 heavy (non-hydrogen) atoms. The molecule has 0 amide bonds. The second-order valence-electron chi connectivity index (χ2n) is 6.80. The molecule has 2 aromatic rings. The molecule has 1 N–H and O–H groups in total. The van der Waals surface area contributed by atoms with Gasteiger partial charge in [0.1, 0.15) is 6.10 Å². The van der Waals surface area contributed by atoms with Gasteiger partial charge in [0.2, 0.25) is 0 Å². The standard InChI is InChI=1S/C25H30O3/c1-3-4-6-10-20-15-17-22(18-16-20)25(27)23-13-9-12-21(19-23)11-7-5-8-14-24(26)28-2/h6-7,9-13,15-19,25,27H,3-5,8,14H2,1-2H3. The van der Waals surface area contributed by atoms with Crippen molar-refractivity contribution in [2.45, 2.75) is 45.1 Å². The zero-order chi connectivity index (χ0) is 20.2. The highest BCUT2D eigenvalue weighted by Gasteiger charge is 2.10. The summed E-state index contributed by atoms with van der Waals surface area (Å²) >= 11 is 0. The van der Waals surface area contributed by atoms with E-state index >= 15 is 0 Å². The number of carbonyl (C=O) groups excluding carboxylic acids is 1. The molecular weight excluding hydrogens is 348 g/mol. The summed E-state index contributed by atoms with van der Waals surface area (Å²) in [5.41, 5.74) is 3.93. The molecule has 1 unspecified atom stereocenters. The fraction of sp³-hybridized carbons (Fsp3) is 0.320. The monoisotopic (exact) mass is 378 g/mol. The summed E-state index contributed by atoms with van der Waals surface area (Å²) in [6.07, 6.45) is 11.9. The van der Waals surface area contributed by atoms with Crippen LogP contribution in [0.4, 0.5) is 0 Å². The maximum absolute atomic E-state index is 11.1. The summed E-state index contributed by atoms with van der Waals surface area (Å²) in [5, 5.41) is 10.7. The van der Waals surface area contributed by atoms with E-state index < -0.39 is 6.10 Å². The third kappa shape index (κ3) is 7.16. The van der Waals surface area contributed by atoms with Gasteiger partial charge in [0.05, 0.1) is 7.11 Å². The van der Waals surface area contributed by atoms with Gasteiger partial charge in [0, 0.05) is 6.42 Å². The Labute approximate surface area is 168 Å². The minimum absolute atomic E-state index is 0.176. The molecule has 0 aliphatic carbocycles. The van der Waals surface area contributed by atoms with Crippen LogP contribution in [-0.2, 0) is 9.53 Å². The molecular formula is C25H30O3. The van der Waals surface area contributed by atoms with Crippen LogP contribution in [-0.4, -0.2) is 18.2 Å². The quantitative estimate of drug-likeness (QED) is 0.411. The van der Waals surface area contributed by atoms with Gasteiger partial charge in [0.15, 0.2) is 0 Å². The third-order valence-corrected chi connectivity index (χ3v) is 4.53. The van der Waals surface area contributed by atoms with Crippen LogP contribution in [0, 0.1) is 0 Å². The van der Waals surface area contributed by atoms with Crippen molar-refractivity contribution in [3.63, 3.8) is 0 Å². The van der Waals surface area contributed by atoms with Crippen molar-refractivity contribution in [1.29, 1.82) is 0 Å². The Balaban J connectivity index is 1.97. The molecule has 0 bridgehead atoms. The van der Waals surface area contributed by atoms with Crippen molar-refractivity contribution in [1.82, 2.24) is 0 Å². The molecule has 0 spiro atoms. The van der Waals surface area contributed by atoms with Crippen LogP contribution in [0.25, 0.3) is 12.2 Å². The van der Waals surface area contributed by atoms with Crippen LogP contribution >= 0.6 is 0 Å². The third-order valence-electron chi connectivity index (χ3n) is 4.53. The van der Waals surface area contributed by atoms with E-state index in [4.69, 9.17) is 0 Å². The van der Waals surface area contributed by atoms with Crippen LogP contribution in [0.3, 0.4) is 0 Å². The van der Waals surface area contributed by atoms with Gasteiger partial charge in [-0.3, -0.25) is 4.79 Å². The first-order valence-corrected chi connectivity index (χ1v) is 9.92. The summed E-state index contributed by atoms with van der Waals surface area (Å²) < 4.78 is 4.64. The Kier molecular flexibility index (Phi) is 9.23. The molecule has 2 aromatic carbocycles. The van der Waals surface area contributed by atoms with Crippen molar-refractivity contribution < 1.29 is 14.6 Å². The molecule has 0 aliphatic heterocycles. The molecule has 0 aliphatic rings. The number of unbranched alkanes of at least 4 members (excludes halogenated alkanes) is 2. The average Bonchev–Trinajstić information content (AvgIpc) is 2.73. The zero-order valence-electron chi connectivity index (χ0n) is 16.8. The number of esters is 1. The van der Waals surface area contributed by atoms with E-state index in [1.807, 2.05) is 60.7 Å². The SMILES string of the molecule is CCCC=Cc1ccc(C(O)c2cccc(C=CCCCC(=O)OC)c2)cc1. The van der Waals surface area contributed by atoms with Crippen LogP contribution in [0.1, 0.15) is 67.4 Å². The van der Waals surface area contributed by atoms with E-state index in [2.05, 4.69) is 23.8 Å². The van der Waals surface area contributed by atoms with Crippen molar-refractivity contribution >= 4 is 18.1 Å². The number of aliphatic hydroxyl groups excluding tert-OH is 1. The van der Waals surface area contributed by atoms with Gasteiger partial charge >= 0.3 is 5.97 Å². The highest BCUT2D eigenvalue weighted by molar-refractivity contribution is 5.69. The number of aliphatic hydroxyl groups is 1. The van der Waals surface area contributed by atoms with E-state index in [1.54, 1.807) is 0 Å². The molecule has 0 fully saturated rings. The summed E-state index contributed by atoms with van der Waals surface area (Å²) in [6, 6.07) is 15.9. The van der Waals surface area contributed by atoms with Gasteiger partial charge in [-0.2, -0.15) is 0 Å². The Morgan fingerprint density at radius 3 is 2.43 bits per heavy atom. The number of benzene rings is 2. The molecule has 3 heteroatoms. The predicted octanol–water partition coefficient (Wildman–Crippen LogP) is 5.94. The number of allylic oxidation sites excluding steroid dienone is 2. The van der Waals surface area contributed by atoms with Gasteiger partial charge in [-0.05, 0) is 47.6 Å². The van der Waals surface area contributed by atoms with E-state index in [1.165, 1.54) is 7.11 Å². The molecule has 1 atom stereocenters. The topological polar surface area (TPSA) is 46.5 Å². The Hall–Kier alpha value is -2.65. The number of methoxy groups -OCH3 is 1. The fourth-order valence-electron chi connectivity index (χ4n) is 2.89. The lowest BCUT2D eigenvalue weighted by Gasteiger charge is -2.12. The number of hydrogen-bond donors (Lipinski definition) is 1. The van der Waals surface area contributed by atoms with Gasteiger partial charge in [0.25, 0.3) is 0 Å². The van der Waals surface area contributed by atoms with E-state index in [-0.39, 0.29) is 5.97 Å². The minimum atomic E-state index is -0.652. The average molecular weight is 379 g/mol. The van der Waals surface area contributed by atoms with Crippen molar-refractivity contribution in [3.05, 3.63) is 82.9 Å². The lowest BCUT2D eigenvalue weighted by Crippen LogP contribution is -1.99. The molecule has 2 rings (SSSR count). The molecule has 0 heterocycles. The second-order valence-corrected chi connectivity index (χ2v) is 6.80. The van der Waals surface area contributed by atoms with Crippen molar-refractivity contribution in [2.24, 2.45) is 0 Å². The molecule has 148 valence electrons. The summed E-state index contributed by atoms with van der Waals surface area (Å²) in [7, 11) is 1.41. The highest BCUT2D eigenvalue weighted by Crippen LogP contribution is 2.24. The summed E-state index contributed by atoms with van der Waals surface area (Å²) in [5.74, 6) is -0.176. The Morgan fingerprint density at radius 2 is 1.71 bits per heavy atom. The number of hydrogen-bond acceptors (Lipinski definition) is 3. The van der Waals surface area contributed by atoms with E-state index in [0.717, 1.165) is 47.9 Å². The van der Waals surface area contributed by atoms with Gasteiger partial charge in [-0.15, -0.1) is 0 Å². The molecule has 0 saturated carbocycles. The van der Waals surface area contributed by atoms with Crippen molar-refractivity contribution in [2.75, 3.05) is 7.11 Å². The smallest absolute Gasteiger partial charge is 0.305 e. The highest BCUT2D eigenvalue weighted by atomic mass is 16.5. The number of rotatable bonds is 10. The Bertz CT molecular complexity index is 788. The molecule has 0 aromatic heterocycles. The summed E-state index contributed by atoms with van der Waals surface area (Å²) in [6.45, 7) is 2.16. The Morgan fingerprint density at radius 1 is 1.00 bits per heavy atom. The van der Waals surface area contributed by atoms with Crippen LogP contribution in [0.15, 0.2) is 60.7 Å². The van der Waals surface area contributed by atoms with Crippen molar-refractivity contribution in [3.8, 4) is 0 Å². The van der Waals surface area contributed by atoms with E-state index in [0.29, 0.717) is 6.42 Å². The number of carbonyl (C=O) groups is 1. The lowest BCUT2D eigenvalue weighted by atomic mass is 9.98. The largest absolute Gasteiger partial charge is 0.469 e. The van der Waals surface area contributed by atoms with Gasteiger partial charge in [-0.1, -0.05) is 80.1 Å². The van der Waals surface area contributed by atoms with Gasteiger partial charge < -0.3 is 9.84 Å². The molecule has 0 radical (unpaired) electrons. The molecule has 0 saturated heterocycles. The normalized spacial score (nSPS) is 12.5. The zero-order valence-corrected chi connectivity index (χ0v) is 16.8. The molecule has 3 nitrogen and oxygen atoms in total. The predicted molar refractivity (Wildman–Crippen MR) is 116 cm³/mol. The maximum Gasteiger partial charge on any atom is 0.305 e. The first-order chi connectivity index (χ1) is 13.6. The van der Waals surface area contributed by atoms with Crippen LogP contribution in [0.5, 0.6) is 0 Å². The van der Waals surface area contributed by atoms with E-state index in [9.17, 15) is 9.90 Å². The van der Waals surface area contributed by atoms with Crippen LogP contribution < -0.4 is 0 Å². The first kappa shape index (κ1) is 21.6. The lowest BCUT2D eigenvalue weighted by molar-refractivity contribution is -0.140. The maximum atomic E-state index is 11.1. The first-order valence-electron chi connectivity index (χ1n) is 9.92. The van der Waals surface area contributed by atoms with Gasteiger partial charge in [-0.25, -0.2) is 0 Å². The summed E-state index contributed by atoms with van der Waals surface area (Å²) in [4.78, 5) is 11.1. The number of ether oxygens (including phenoxy) is 1. The second kappa shape index (κ2) is 11.9. The minimum Gasteiger partial charge on any atom is -0.469 e.